The van der Waals surface area contributed by atoms with Crippen LogP contribution < -0.4 is 10.2 Å². The van der Waals surface area contributed by atoms with Crippen LogP contribution in [0.5, 0.6) is 0 Å². The molecule has 0 bridgehead atoms. The number of anilines is 2. The lowest BCUT2D eigenvalue weighted by atomic mass is 9.98. The summed E-state index contributed by atoms with van der Waals surface area (Å²) in [6.07, 6.45) is 5.58. The first kappa shape index (κ1) is 25.9. The standard InChI is InChI=1S/C29H38N4O3/c1-3-31(4-2)21-27(34)26-14-8-10-20-33(26)29(36)30-24-17-15-23(16-18-24)28(35)32-19-9-7-12-22-11-5-6-13-25(22)32/h5-6,11,13,15-18,26H,3-4,7-10,12,14,19-21H2,1-2H3,(H,30,36). The van der Waals surface area contributed by atoms with E-state index in [1.165, 1.54) is 5.56 Å². The number of rotatable bonds is 7. The number of Topliss-reactive ketones (excluding diaryl/α,β-unsaturated/α-hetero) is 1. The highest BCUT2D eigenvalue weighted by Gasteiger charge is 2.32. The van der Waals surface area contributed by atoms with Gasteiger partial charge in [0.1, 0.15) is 0 Å². The Morgan fingerprint density at radius 2 is 1.64 bits per heavy atom. The molecule has 0 saturated carbocycles. The molecule has 1 unspecified atom stereocenters. The van der Waals surface area contributed by atoms with Crippen LogP contribution >= 0.6 is 0 Å². The van der Waals surface area contributed by atoms with Crippen molar-refractivity contribution in [1.82, 2.24) is 9.80 Å². The molecular weight excluding hydrogens is 452 g/mol. The molecule has 1 N–H and O–H groups in total. The van der Waals surface area contributed by atoms with Crippen molar-refractivity contribution in [3.05, 3.63) is 59.7 Å². The van der Waals surface area contributed by atoms with E-state index in [9.17, 15) is 14.4 Å². The van der Waals surface area contributed by atoms with Crippen LogP contribution in [0.4, 0.5) is 16.2 Å². The second kappa shape index (κ2) is 12.2. The molecule has 7 nitrogen and oxygen atoms in total. The minimum Gasteiger partial charge on any atom is -0.314 e. The average molecular weight is 491 g/mol. The number of benzene rings is 2. The number of aryl methyl sites for hydroxylation is 1. The van der Waals surface area contributed by atoms with Crippen molar-refractivity contribution in [2.45, 2.75) is 58.4 Å². The number of likely N-dealkylation sites (N-methyl/N-ethyl adjacent to an activating group) is 1. The number of likely N-dealkylation sites (tertiary alicyclic amines) is 1. The maximum absolute atomic E-state index is 13.3. The first-order valence-electron chi connectivity index (χ1n) is 13.3. The lowest BCUT2D eigenvalue weighted by Crippen LogP contribution is -2.52. The van der Waals surface area contributed by atoms with Crippen molar-refractivity contribution in [3.8, 4) is 0 Å². The van der Waals surface area contributed by atoms with E-state index in [0.717, 1.165) is 50.9 Å². The topological polar surface area (TPSA) is 73.0 Å². The van der Waals surface area contributed by atoms with Gasteiger partial charge >= 0.3 is 6.03 Å². The molecule has 1 atom stereocenters. The lowest BCUT2D eigenvalue weighted by Gasteiger charge is -2.35. The number of nitrogens with zero attached hydrogens (tertiary/aromatic N) is 3. The monoisotopic (exact) mass is 490 g/mol. The van der Waals surface area contributed by atoms with Crippen molar-refractivity contribution in [2.24, 2.45) is 0 Å². The van der Waals surface area contributed by atoms with Crippen molar-refractivity contribution in [1.29, 1.82) is 0 Å². The highest BCUT2D eigenvalue weighted by atomic mass is 16.2. The summed E-state index contributed by atoms with van der Waals surface area (Å²) >= 11 is 0. The number of para-hydroxylation sites is 1. The number of urea groups is 1. The van der Waals surface area contributed by atoms with Gasteiger partial charge in [0.15, 0.2) is 5.78 Å². The summed E-state index contributed by atoms with van der Waals surface area (Å²) in [6.45, 7) is 7.37. The van der Waals surface area contributed by atoms with E-state index in [4.69, 9.17) is 0 Å². The Kier molecular flexibility index (Phi) is 8.75. The molecule has 2 aliphatic heterocycles. The minimum absolute atomic E-state index is 0.0275. The molecule has 0 radical (unpaired) electrons. The van der Waals surface area contributed by atoms with E-state index < -0.39 is 0 Å². The van der Waals surface area contributed by atoms with Crippen LogP contribution in [0, 0.1) is 0 Å². The quantitative estimate of drug-likeness (QED) is 0.595. The van der Waals surface area contributed by atoms with Crippen molar-refractivity contribution in [2.75, 3.05) is 42.9 Å². The second-order valence-electron chi connectivity index (χ2n) is 9.68. The maximum Gasteiger partial charge on any atom is 0.322 e. The van der Waals surface area contributed by atoms with Crippen LogP contribution in [0.15, 0.2) is 48.5 Å². The lowest BCUT2D eigenvalue weighted by molar-refractivity contribution is -0.125. The van der Waals surface area contributed by atoms with Gasteiger partial charge in [-0.05, 0) is 87.5 Å². The highest BCUT2D eigenvalue weighted by molar-refractivity contribution is 6.07. The summed E-state index contributed by atoms with van der Waals surface area (Å²) in [7, 11) is 0. The number of ketones is 1. The fraction of sp³-hybridized carbons (Fsp3) is 0.483. The Morgan fingerprint density at radius 1 is 0.917 bits per heavy atom. The van der Waals surface area contributed by atoms with Crippen LogP contribution in [0.3, 0.4) is 0 Å². The van der Waals surface area contributed by atoms with E-state index in [1.54, 1.807) is 29.2 Å². The van der Waals surface area contributed by atoms with Gasteiger partial charge in [0.25, 0.3) is 5.91 Å². The van der Waals surface area contributed by atoms with Crippen LogP contribution in [-0.4, -0.2) is 66.3 Å². The first-order valence-corrected chi connectivity index (χ1v) is 13.3. The molecule has 1 fully saturated rings. The zero-order valence-electron chi connectivity index (χ0n) is 21.5. The molecule has 0 aliphatic carbocycles. The largest absolute Gasteiger partial charge is 0.322 e. The van der Waals surface area contributed by atoms with Gasteiger partial charge in [-0.1, -0.05) is 32.0 Å². The third kappa shape index (κ3) is 5.95. The Morgan fingerprint density at radius 3 is 2.39 bits per heavy atom. The number of carbonyl (C=O) groups excluding carboxylic acids is 3. The number of hydrogen-bond acceptors (Lipinski definition) is 4. The van der Waals surface area contributed by atoms with Crippen LogP contribution in [0.2, 0.25) is 0 Å². The third-order valence-corrected chi connectivity index (χ3v) is 7.40. The summed E-state index contributed by atoms with van der Waals surface area (Å²) in [4.78, 5) is 45.1. The second-order valence-corrected chi connectivity index (χ2v) is 9.68. The van der Waals surface area contributed by atoms with Crippen LogP contribution in [0.25, 0.3) is 0 Å². The fourth-order valence-electron chi connectivity index (χ4n) is 5.23. The van der Waals surface area contributed by atoms with E-state index in [-0.39, 0.29) is 23.8 Å². The third-order valence-electron chi connectivity index (χ3n) is 7.40. The van der Waals surface area contributed by atoms with E-state index >= 15 is 0 Å². The van der Waals surface area contributed by atoms with Gasteiger partial charge in [0.05, 0.1) is 12.6 Å². The molecule has 1 saturated heterocycles. The molecule has 2 heterocycles. The first-order chi connectivity index (χ1) is 17.5. The molecule has 192 valence electrons. The van der Waals surface area contributed by atoms with E-state index in [0.29, 0.717) is 37.3 Å². The molecule has 2 aromatic carbocycles. The smallest absolute Gasteiger partial charge is 0.314 e. The number of nitrogens with one attached hydrogen (secondary N) is 1. The molecule has 0 aromatic heterocycles. The summed E-state index contributed by atoms with van der Waals surface area (Å²) in [5.41, 5.74) is 3.41. The van der Waals surface area contributed by atoms with Gasteiger partial charge in [-0.3, -0.25) is 14.5 Å². The molecule has 0 spiro atoms. The normalized spacial score (nSPS) is 17.9. The van der Waals surface area contributed by atoms with Gasteiger partial charge in [0, 0.05) is 30.0 Å². The summed E-state index contributed by atoms with van der Waals surface area (Å²) < 4.78 is 0. The van der Waals surface area contributed by atoms with Crippen molar-refractivity contribution < 1.29 is 14.4 Å². The minimum atomic E-state index is -0.386. The van der Waals surface area contributed by atoms with Gasteiger partial charge in [0.2, 0.25) is 0 Å². The van der Waals surface area contributed by atoms with Crippen molar-refractivity contribution >= 4 is 29.1 Å². The summed E-state index contributed by atoms with van der Waals surface area (Å²) in [6, 6.07) is 14.5. The summed E-state index contributed by atoms with van der Waals surface area (Å²) in [5.74, 6) is 0.0764. The average Bonchev–Trinajstić information content (AvgIpc) is 3.14. The molecule has 3 amide bonds. The van der Waals surface area contributed by atoms with Crippen molar-refractivity contribution in [3.63, 3.8) is 0 Å². The Hall–Kier alpha value is -3.19. The molecule has 2 aliphatic rings. The number of fused-ring (bicyclic) bond motifs is 1. The maximum atomic E-state index is 13.3. The van der Waals surface area contributed by atoms with Crippen LogP contribution in [0.1, 0.15) is 61.9 Å². The summed E-state index contributed by atoms with van der Waals surface area (Å²) in [5, 5.41) is 2.95. The Labute approximate surface area is 214 Å². The van der Waals surface area contributed by atoms with Gasteiger partial charge in [-0.2, -0.15) is 0 Å². The molecular formula is C29H38N4O3. The fourth-order valence-corrected chi connectivity index (χ4v) is 5.23. The Balaban J connectivity index is 1.42. The van der Waals surface area contributed by atoms with E-state index in [2.05, 4.69) is 16.3 Å². The van der Waals surface area contributed by atoms with Crippen LogP contribution in [-0.2, 0) is 11.2 Å². The number of hydrogen-bond donors (Lipinski definition) is 1. The van der Waals surface area contributed by atoms with Gasteiger partial charge in [-0.15, -0.1) is 0 Å². The predicted molar refractivity (Wildman–Crippen MR) is 144 cm³/mol. The highest BCUT2D eigenvalue weighted by Crippen LogP contribution is 2.28. The zero-order valence-corrected chi connectivity index (χ0v) is 21.5. The van der Waals surface area contributed by atoms with E-state index in [1.807, 2.05) is 36.9 Å². The molecule has 2 aromatic rings. The van der Waals surface area contributed by atoms with Gasteiger partial charge in [-0.25, -0.2) is 4.79 Å². The molecule has 4 rings (SSSR count). The number of carbonyl (C=O) groups is 3. The molecule has 36 heavy (non-hydrogen) atoms. The molecule has 7 heteroatoms. The van der Waals surface area contributed by atoms with Gasteiger partial charge < -0.3 is 15.1 Å². The number of amides is 3. The number of piperidine rings is 1. The zero-order chi connectivity index (χ0) is 25.5. The Bertz CT molecular complexity index is 1060. The SMILES string of the molecule is CCN(CC)CC(=O)C1CCCCN1C(=O)Nc1ccc(C(=O)N2CCCCc3ccccc32)cc1. The predicted octanol–water partition coefficient (Wildman–Crippen LogP) is 4.97.